The van der Waals surface area contributed by atoms with E-state index in [1.54, 1.807) is 18.3 Å². The highest BCUT2D eigenvalue weighted by atomic mass is 32.1. The molecule has 0 N–H and O–H groups in total. The molecule has 2 aromatic carbocycles. The van der Waals surface area contributed by atoms with Crippen LogP contribution >= 0.6 is 11.3 Å². The predicted octanol–water partition coefficient (Wildman–Crippen LogP) is 4.69. The van der Waals surface area contributed by atoms with Gasteiger partial charge in [0, 0.05) is 36.9 Å². The van der Waals surface area contributed by atoms with E-state index in [9.17, 15) is 9.59 Å². The number of amides is 1. The normalized spacial score (nSPS) is 17.4. The van der Waals surface area contributed by atoms with Crippen LogP contribution in [0, 0.1) is 0 Å². The molecule has 0 saturated carbocycles. The maximum absolute atomic E-state index is 12.6. The molecule has 8 heteroatoms. The second kappa shape index (κ2) is 11.9. The Kier molecular flexibility index (Phi) is 8.16. The van der Waals surface area contributed by atoms with Crippen molar-refractivity contribution in [3.8, 4) is 16.3 Å². The monoisotopic (exact) mass is 519 g/mol. The molecule has 7 nitrogen and oxygen atoms in total. The van der Waals surface area contributed by atoms with Crippen LogP contribution < -0.4 is 4.74 Å². The van der Waals surface area contributed by atoms with Crippen LogP contribution in [0.1, 0.15) is 42.3 Å². The molecular weight excluding hydrogens is 486 g/mol. The van der Waals surface area contributed by atoms with Gasteiger partial charge >= 0.3 is 5.97 Å². The number of nitrogens with zero attached hydrogens (tertiary/aromatic N) is 3. The number of aromatic nitrogens is 1. The Balaban J connectivity index is 1.07. The molecule has 0 radical (unpaired) electrons. The van der Waals surface area contributed by atoms with Gasteiger partial charge in [-0.25, -0.2) is 4.98 Å². The highest BCUT2D eigenvalue weighted by Gasteiger charge is 2.31. The lowest BCUT2D eigenvalue weighted by Crippen LogP contribution is -2.38. The van der Waals surface area contributed by atoms with Crippen molar-refractivity contribution < 1.29 is 19.1 Å². The average Bonchev–Trinajstić information content (AvgIpc) is 3.57. The SMILES string of the molecule is CC(=O)N1CCc2nc(-c3ccc(OCCCN4CCC[C@H]4C(=O)OCc4ccccc4)cc3)sc2C1. The van der Waals surface area contributed by atoms with Crippen LogP contribution in [0.25, 0.3) is 10.6 Å². The fraction of sp³-hybridized carbons (Fsp3) is 0.414. The number of thiazole rings is 1. The van der Waals surface area contributed by atoms with Gasteiger partial charge in [0.2, 0.25) is 5.91 Å². The number of esters is 1. The van der Waals surface area contributed by atoms with Gasteiger partial charge in [-0.1, -0.05) is 30.3 Å². The number of hydrogen-bond acceptors (Lipinski definition) is 7. The van der Waals surface area contributed by atoms with Crippen LogP contribution in [0.3, 0.4) is 0 Å². The number of fused-ring (bicyclic) bond motifs is 1. The van der Waals surface area contributed by atoms with Crippen molar-refractivity contribution in [3.63, 3.8) is 0 Å². The molecule has 2 aliphatic heterocycles. The molecule has 194 valence electrons. The van der Waals surface area contributed by atoms with Crippen LogP contribution in [0.15, 0.2) is 54.6 Å². The van der Waals surface area contributed by atoms with Crippen molar-refractivity contribution in [2.45, 2.75) is 51.8 Å². The zero-order chi connectivity index (χ0) is 25.6. The molecule has 1 amide bonds. The van der Waals surface area contributed by atoms with Crippen molar-refractivity contribution in [1.29, 1.82) is 0 Å². The predicted molar refractivity (Wildman–Crippen MR) is 143 cm³/mol. The molecule has 1 aromatic heterocycles. The second-order valence-corrected chi connectivity index (χ2v) is 10.7. The number of ether oxygens (including phenoxy) is 2. The van der Waals surface area contributed by atoms with Crippen molar-refractivity contribution in [2.75, 3.05) is 26.2 Å². The molecule has 0 unspecified atom stereocenters. The van der Waals surface area contributed by atoms with Gasteiger partial charge in [-0.05, 0) is 55.6 Å². The summed E-state index contributed by atoms with van der Waals surface area (Å²) in [5.41, 5.74) is 3.19. The summed E-state index contributed by atoms with van der Waals surface area (Å²) in [5, 5.41) is 0.987. The smallest absolute Gasteiger partial charge is 0.323 e. The summed E-state index contributed by atoms with van der Waals surface area (Å²) in [6.07, 6.45) is 3.52. The highest BCUT2D eigenvalue weighted by Crippen LogP contribution is 2.32. The molecule has 0 spiro atoms. The lowest BCUT2D eigenvalue weighted by molar-refractivity contribution is -0.150. The molecular formula is C29H33N3O4S. The summed E-state index contributed by atoms with van der Waals surface area (Å²) < 4.78 is 11.5. The highest BCUT2D eigenvalue weighted by molar-refractivity contribution is 7.15. The van der Waals surface area contributed by atoms with Gasteiger partial charge in [-0.3, -0.25) is 14.5 Å². The fourth-order valence-corrected chi connectivity index (χ4v) is 6.05. The second-order valence-electron chi connectivity index (χ2n) is 9.59. The molecule has 1 atom stereocenters. The summed E-state index contributed by atoms with van der Waals surface area (Å²) in [6.45, 7) is 5.67. The number of carbonyl (C=O) groups is 2. The van der Waals surface area contributed by atoms with E-state index in [1.807, 2.05) is 59.5 Å². The zero-order valence-electron chi connectivity index (χ0n) is 21.2. The van der Waals surface area contributed by atoms with Crippen molar-refractivity contribution >= 4 is 23.2 Å². The van der Waals surface area contributed by atoms with E-state index in [4.69, 9.17) is 14.5 Å². The molecule has 3 heterocycles. The maximum atomic E-state index is 12.6. The van der Waals surface area contributed by atoms with E-state index in [0.29, 0.717) is 19.8 Å². The third kappa shape index (κ3) is 6.37. The number of hydrogen-bond donors (Lipinski definition) is 0. The van der Waals surface area contributed by atoms with E-state index in [-0.39, 0.29) is 17.9 Å². The number of rotatable bonds is 9. The summed E-state index contributed by atoms with van der Waals surface area (Å²) >= 11 is 1.67. The zero-order valence-corrected chi connectivity index (χ0v) is 22.0. The van der Waals surface area contributed by atoms with Crippen molar-refractivity contribution in [1.82, 2.24) is 14.8 Å². The van der Waals surface area contributed by atoms with Crippen LogP contribution in [0.2, 0.25) is 0 Å². The minimum atomic E-state index is -0.158. The van der Waals surface area contributed by atoms with Gasteiger partial charge in [0.1, 0.15) is 23.4 Å². The quantitative estimate of drug-likeness (QED) is 0.302. The standard InChI is InChI=1S/C29H33N3O4S/c1-21(33)32-17-14-25-27(19-32)37-28(30-25)23-10-12-24(13-11-23)35-18-6-16-31-15-5-9-26(31)29(34)36-20-22-7-3-2-4-8-22/h2-4,7-8,10-13,26H,5-6,9,14-20H2,1H3/t26-/m0/s1. The first kappa shape index (κ1) is 25.4. The van der Waals surface area contributed by atoms with Crippen molar-refractivity contribution in [2.24, 2.45) is 0 Å². The van der Waals surface area contributed by atoms with E-state index < -0.39 is 0 Å². The topological polar surface area (TPSA) is 72.0 Å². The molecule has 1 saturated heterocycles. The number of likely N-dealkylation sites (tertiary alicyclic amines) is 1. The molecule has 2 aliphatic rings. The maximum Gasteiger partial charge on any atom is 0.323 e. The Labute approximate surface area is 222 Å². The Bertz CT molecular complexity index is 1210. The summed E-state index contributed by atoms with van der Waals surface area (Å²) in [7, 11) is 0. The Morgan fingerprint density at radius 1 is 1.08 bits per heavy atom. The van der Waals surface area contributed by atoms with Gasteiger partial charge in [0.15, 0.2) is 0 Å². The van der Waals surface area contributed by atoms with Gasteiger partial charge < -0.3 is 14.4 Å². The van der Waals surface area contributed by atoms with Crippen LogP contribution in [0.4, 0.5) is 0 Å². The summed E-state index contributed by atoms with van der Waals surface area (Å²) in [6, 6.07) is 17.7. The Morgan fingerprint density at radius 3 is 2.68 bits per heavy atom. The summed E-state index contributed by atoms with van der Waals surface area (Å²) in [5.74, 6) is 0.814. The van der Waals surface area contributed by atoms with E-state index in [1.165, 1.54) is 4.88 Å². The van der Waals surface area contributed by atoms with E-state index in [2.05, 4.69) is 4.90 Å². The van der Waals surface area contributed by atoms with Crippen LogP contribution in [0.5, 0.6) is 5.75 Å². The number of benzene rings is 2. The van der Waals surface area contributed by atoms with Gasteiger partial charge in [0.25, 0.3) is 0 Å². The fourth-order valence-electron chi connectivity index (χ4n) is 4.92. The average molecular weight is 520 g/mol. The molecule has 37 heavy (non-hydrogen) atoms. The van der Waals surface area contributed by atoms with Crippen LogP contribution in [-0.2, 0) is 33.9 Å². The first-order valence-electron chi connectivity index (χ1n) is 13.0. The molecule has 3 aromatic rings. The van der Waals surface area contributed by atoms with E-state index >= 15 is 0 Å². The Morgan fingerprint density at radius 2 is 1.89 bits per heavy atom. The molecule has 5 rings (SSSR count). The molecule has 0 aliphatic carbocycles. The summed E-state index contributed by atoms with van der Waals surface area (Å²) in [4.78, 5) is 34.4. The molecule has 1 fully saturated rings. The lowest BCUT2D eigenvalue weighted by atomic mass is 10.2. The van der Waals surface area contributed by atoms with Crippen LogP contribution in [-0.4, -0.2) is 58.9 Å². The third-order valence-electron chi connectivity index (χ3n) is 7.00. The third-order valence-corrected chi connectivity index (χ3v) is 8.13. The number of carbonyl (C=O) groups excluding carboxylic acids is 2. The Hall–Kier alpha value is -3.23. The largest absolute Gasteiger partial charge is 0.494 e. The van der Waals surface area contributed by atoms with E-state index in [0.717, 1.165) is 72.9 Å². The first-order valence-corrected chi connectivity index (χ1v) is 13.8. The lowest BCUT2D eigenvalue weighted by Gasteiger charge is -2.24. The van der Waals surface area contributed by atoms with Gasteiger partial charge in [-0.15, -0.1) is 11.3 Å². The minimum Gasteiger partial charge on any atom is -0.494 e. The van der Waals surface area contributed by atoms with Crippen molar-refractivity contribution in [3.05, 3.63) is 70.7 Å². The minimum absolute atomic E-state index is 0.116. The van der Waals surface area contributed by atoms with Gasteiger partial charge in [-0.2, -0.15) is 0 Å². The first-order chi connectivity index (χ1) is 18.1. The van der Waals surface area contributed by atoms with Gasteiger partial charge in [0.05, 0.1) is 18.8 Å². The molecule has 0 bridgehead atoms.